The van der Waals surface area contributed by atoms with Crippen molar-refractivity contribution in [2.75, 3.05) is 31.1 Å². The summed E-state index contributed by atoms with van der Waals surface area (Å²) in [5.74, 6) is 0.173. The highest BCUT2D eigenvalue weighted by Crippen LogP contribution is 2.20. The molecule has 0 N–H and O–H groups in total. The van der Waals surface area contributed by atoms with Gasteiger partial charge in [-0.1, -0.05) is 24.3 Å². The number of nitrogens with zero attached hydrogens (tertiary/aromatic N) is 2. The van der Waals surface area contributed by atoms with E-state index in [1.165, 1.54) is 11.1 Å². The number of hydrogen-bond donors (Lipinski definition) is 0. The fourth-order valence-electron chi connectivity index (χ4n) is 2.76. The third kappa shape index (κ3) is 2.65. The van der Waals surface area contributed by atoms with Crippen LogP contribution in [0.3, 0.4) is 0 Å². The number of fused-ring (bicyclic) bond motifs is 1. The van der Waals surface area contributed by atoms with Crippen molar-refractivity contribution in [3.05, 3.63) is 35.4 Å². The van der Waals surface area contributed by atoms with Crippen molar-refractivity contribution in [1.29, 1.82) is 0 Å². The number of carbonyl (C=O) groups is 1. The topological polar surface area (TPSA) is 57.7 Å². The second-order valence-electron chi connectivity index (χ2n) is 5.36. The van der Waals surface area contributed by atoms with Crippen LogP contribution in [0.25, 0.3) is 0 Å². The molecular weight excluding hydrogens is 276 g/mol. The molecule has 0 bridgehead atoms. The van der Waals surface area contributed by atoms with Crippen LogP contribution in [0.15, 0.2) is 24.3 Å². The lowest BCUT2D eigenvalue weighted by Crippen LogP contribution is -2.50. The Balaban J connectivity index is 1.68. The largest absolute Gasteiger partial charge is 0.323 e. The number of sulfone groups is 1. The molecule has 5 nitrogen and oxygen atoms in total. The van der Waals surface area contributed by atoms with Gasteiger partial charge in [-0.05, 0) is 17.5 Å². The van der Waals surface area contributed by atoms with Crippen molar-refractivity contribution in [2.45, 2.75) is 13.0 Å². The van der Waals surface area contributed by atoms with Gasteiger partial charge < -0.3 is 9.80 Å². The zero-order valence-corrected chi connectivity index (χ0v) is 12.1. The number of benzene rings is 1. The molecule has 1 saturated heterocycles. The van der Waals surface area contributed by atoms with Crippen molar-refractivity contribution in [3.8, 4) is 0 Å². The first kappa shape index (κ1) is 13.4. The zero-order valence-electron chi connectivity index (χ0n) is 11.3. The predicted molar refractivity (Wildman–Crippen MR) is 76.2 cm³/mol. The summed E-state index contributed by atoms with van der Waals surface area (Å²) in [6, 6.07) is 8.13. The molecule has 108 valence electrons. The summed E-state index contributed by atoms with van der Waals surface area (Å²) in [6.07, 6.45) is 0.869. The first-order chi connectivity index (χ1) is 9.55. The molecule has 20 heavy (non-hydrogen) atoms. The highest BCUT2D eigenvalue weighted by atomic mass is 32.2. The van der Waals surface area contributed by atoms with Crippen LogP contribution in [-0.2, 0) is 22.8 Å². The maximum atomic E-state index is 12.4. The number of hydrogen-bond acceptors (Lipinski definition) is 3. The molecule has 2 heterocycles. The normalized spacial score (nSPS) is 21.4. The van der Waals surface area contributed by atoms with Crippen LogP contribution in [0.1, 0.15) is 11.1 Å². The summed E-state index contributed by atoms with van der Waals surface area (Å²) in [5.41, 5.74) is 2.49. The van der Waals surface area contributed by atoms with Crippen LogP contribution in [0.4, 0.5) is 4.79 Å². The van der Waals surface area contributed by atoms with Gasteiger partial charge in [0.1, 0.15) is 0 Å². The summed E-state index contributed by atoms with van der Waals surface area (Å²) >= 11 is 0. The standard InChI is InChI=1S/C14H18N2O3S/c17-14(15-7-9-20(18,19)10-8-15)16-6-5-12-3-1-2-4-13(12)11-16/h1-4H,5-11H2. The molecule has 0 unspecified atom stereocenters. The van der Waals surface area contributed by atoms with Gasteiger partial charge in [0.2, 0.25) is 0 Å². The Morgan fingerprint density at radius 1 is 0.950 bits per heavy atom. The fourth-order valence-corrected chi connectivity index (χ4v) is 3.96. The SMILES string of the molecule is O=C(N1CCS(=O)(=O)CC1)N1CCc2ccccc2C1. The zero-order chi connectivity index (χ0) is 14.2. The van der Waals surface area contributed by atoms with E-state index in [1.54, 1.807) is 4.90 Å². The fraction of sp³-hybridized carbons (Fsp3) is 0.500. The molecule has 0 spiro atoms. The quantitative estimate of drug-likeness (QED) is 0.714. The Morgan fingerprint density at radius 3 is 2.30 bits per heavy atom. The van der Waals surface area contributed by atoms with E-state index in [0.717, 1.165) is 6.42 Å². The summed E-state index contributed by atoms with van der Waals surface area (Å²) < 4.78 is 22.8. The van der Waals surface area contributed by atoms with E-state index in [4.69, 9.17) is 0 Å². The van der Waals surface area contributed by atoms with E-state index < -0.39 is 9.84 Å². The summed E-state index contributed by atoms with van der Waals surface area (Å²) in [4.78, 5) is 15.9. The third-order valence-electron chi connectivity index (χ3n) is 4.02. The van der Waals surface area contributed by atoms with E-state index in [1.807, 2.05) is 17.0 Å². The van der Waals surface area contributed by atoms with Crippen molar-refractivity contribution in [2.24, 2.45) is 0 Å². The number of urea groups is 1. The van der Waals surface area contributed by atoms with Gasteiger partial charge in [0, 0.05) is 26.2 Å². The lowest BCUT2D eigenvalue weighted by atomic mass is 10.0. The molecule has 0 saturated carbocycles. The first-order valence-electron chi connectivity index (χ1n) is 6.86. The van der Waals surface area contributed by atoms with E-state index >= 15 is 0 Å². The first-order valence-corrected chi connectivity index (χ1v) is 8.68. The van der Waals surface area contributed by atoms with Crippen molar-refractivity contribution in [1.82, 2.24) is 9.80 Å². The minimum atomic E-state index is -2.94. The van der Waals surface area contributed by atoms with Gasteiger partial charge in [0.25, 0.3) is 0 Å². The molecule has 1 aromatic rings. The molecular formula is C14H18N2O3S. The second-order valence-corrected chi connectivity index (χ2v) is 7.67. The second kappa shape index (κ2) is 5.09. The van der Waals surface area contributed by atoms with Gasteiger partial charge in [-0.3, -0.25) is 0 Å². The van der Waals surface area contributed by atoms with Crippen molar-refractivity contribution >= 4 is 15.9 Å². The number of amides is 2. The van der Waals surface area contributed by atoms with Crippen LogP contribution >= 0.6 is 0 Å². The third-order valence-corrected chi connectivity index (χ3v) is 5.63. The summed E-state index contributed by atoms with van der Waals surface area (Å²) in [5, 5.41) is 0. The number of rotatable bonds is 0. The molecule has 3 rings (SSSR count). The monoisotopic (exact) mass is 294 g/mol. The average Bonchev–Trinajstić information content (AvgIpc) is 2.46. The van der Waals surface area contributed by atoms with E-state index in [0.29, 0.717) is 26.2 Å². The Bertz CT molecular complexity index is 613. The molecule has 1 aromatic carbocycles. The van der Waals surface area contributed by atoms with Crippen LogP contribution in [0.5, 0.6) is 0 Å². The van der Waals surface area contributed by atoms with Gasteiger partial charge in [-0.15, -0.1) is 0 Å². The lowest BCUT2D eigenvalue weighted by molar-refractivity contribution is 0.151. The maximum absolute atomic E-state index is 12.4. The van der Waals surface area contributed by atoms with E-state index in [2.05, 4.69) is 12.1 Å². The molecule has 0 atom stereocenters. The molecule has 2 amide bonds. The Hall–Kier alpha value is -1.56. The van der Waals surface area contributed by atoms with Crippen LogP contribution < -0.4 is 0 Å². The highest BCUT2D eigenvalue weighted by Gasteiger charge is 2.29. The minimum absolute atomic E-state index is 0.0330. The average molecular weight is 294 g/mol. The maximum Gasteiger partial charge on any atom is 0.320 e. The molecule has 6 heteroatoms. The molecule has 2 aliphatic rings. The molecule has 1 fully saturated rings. The van der Waals surface area contributed by atoms with Crippen LogP contribution in [0, 0.1) is 0 Å². The Morgan fingerprint density at radius 2 is 1.60 bits per heavy atom. The number of carbonyl (C=O) groups excluding carboxylic acids is 1. The van der Waals surface area contributed by atoms with E-state index in [-0.39, 0.29) is 17.5 Å². The van der Waals surface area contributed by atoms with Crippen molar-refractivity contribution < 1.29 is 13.2 Å². The van der Waals surface area contributed by atoms with Gasteiger partial charge in [-0.2, -0.15) is 0 Å². The van der Waals surface area contributed by atoms with E-state index in [9.17, 15) is 13.2 Å². The summed E-state index contributed by atoms with van der Waals surface area (Å²) in [6.45, 7) is 1.97. The van der Waals surface area contributed by atoms with Crippen LogP contribution in [0.2, 0.25) is 0 Å². The van der Waals surface area contributed by atoms with Gasteiger partial charge in [0.05, 0.1) is 11.5 Å². The van der Waals surface area contributed by atoms with Gasteiger partial charge in [0.15, 0.2) is 9.84 Å². The Labute approximate surface area is 119 Å². The van der Waals surface area contributed by atoms with Crippen molar-refractivity contribution in [3.63, 3.8) is 0 Å². The minimum Gasteiger partial charge on any atom is -0.323 e. The molecule has 0 radical (unpaired) electrons. The highest BCUT2D eigenvalue weighted by molar-refractivity contribution is 7.91. The summed E-state index contributed by atoms with van der Waals surface area (Å²) in [7, 11) is -2.94. The lowest BCUT2D eigenvalue weighted by Gasteiger charge is -2.35. The van der Waals surface area contributed by atoms with Crippen LogP contribution in [-0.4, -0.2) is 55.4 Å². The molecule has 0 aliphatic carbocycles. The predicted octanol–water partition coefficient (Wildman–Crippen LogP) is 0.895. The Kier molecular flexibility index (Phi) is 3.41. The smallest absolute Gasteiger partial charge is 0.320 e. The molecule has 0 aromatic heterocycles. The van der Waals surface area contributed by atoms with Gasteiger partial charge in [-0.25, -0.2) is 13.2 Å². The van der Waals surface area contributed by atoms with Gasteiger partial charge >= 0.3 is 6.03 Å². The molecule has 2 aliphatic heterocycles.